The van der Waals surface area contributed by atoms with Gasteiger partial charge in [-0.25, -0.2) is 18.4 Å². The second kappa shape index (κ2) is 19.8. The molecule has 8 rings (SSSR count). The minimum Gasteiger partial charge on any atom is -0.508 e. The van der Waals surface area contributed by atoms with Crippen molar-refractivity contribution >= 4 is 35.1 Å². The zero-order valence-electron chi connectivity index (χ0n) is 33.6. The SMILES string of the molecule is C1CCOC1.COC(=O)C(c1cc(F)ccc1O)N1Cc2cccc(N)c2C1=O.COC(=O)C(c1cc(F)ccc1OCc1ccccc1)N1Cc2cccc([N+](=O)[O-])c2C1=O. The van der Waals surface area contributed by atoms with Crippen molar-refractivity contribution in [1.82, 2.24) is 9.80 Å². The number of benzene rings is 5. The van der Waals surface area contributed by atoms with E-state index in [-0.39, 0.29) is 53.6 Å². The van der Waals surface area contributed by atoms with E-state index in [0.717, 1.165) is 62.2 Å². The Hall–Kier alpha value is -7.40. The van der Waals surface area contributed by atoms with Crippen molar-refractivity contribution in [3.05, 3.63) is 164 Å². The van der Waals surface area contributed by atoms with Gasteiger partial charge in [0.15, 0.2) is 12.1 Å². The van der Waals surface area contributed by atoms with Crippen LogP contribution in [0.15, 0.2) is 103 Å². The Bertz CT molecular complexity index is 2470. The van der Waals surface area contributed by atoms with Crippen molar-refractivity contribution in [1.29, 1.82) is 0 Å². The Morgan fingerprint density at radius 3 is 1.89 bits per heavy atom. The topological polar surface area (TPSA) is 201 Å². The highest BCUT2D eigenvalue weighted by Gasteiger charge is 2.43. The summed E-state index contributed by atoms with van der Waals surface area (Å²) in [6.07, 6.45) is 2.56. The summed E-state index contributed by atoms with van der Waals surface area (Å²) in [5, 5.41) is 21.5. The Kier molecular flexibility index (Phi) is 14.1. The molecule has 2 atom stereocenters. The lowest BCUT2D eigenvalue weighted by molar-refractivity contribution is -0.385. The molecule has 0 spiro atoms. The van der Waals surface area contributed by atoms with Crippen LogP contribution in [0.25, 0.3) is 0 Å². The van der Waals surface area contributed by atoms with Gasteiger partial charge >= 0.3 is 11.9 Å². The molecular weight excluding hydrogens is 811 g/mol. The first-order valence-corrected chi connectivity index (χ1v) is 19.3. The summed E-state index contributed by atoms with van der Waals surface area (Å²) in [4.78, 5) is 64.1. The fourth-order valence-corrected chi connectivity index (χ4v) is 7.27. The Morgan fingerprint density at radius 1 is 0.774 bits per heavy atom. The minimum atomic E-state index is -1.36. The molecule has 0 aromatic heterocycles. The summed E-state index contributed by atoms with van der Waals surface area (Å²) in [6, 6.07) is 22.8. The maximum atomic E-state index is 14.3. The van der Waals surface area contributed by atoms with Gasteiger partial charge in [0.05, 0.1) is 24.7 Å². The molecular formula is C45H42F2N4O11. The molecule has 62 heavy (non-hydrogen) atoms. The molecule has 17 heteroatoms. The van der Waals surface area contributed by atoms with Crippen LogP contribution in [0.2, 0.25) is 0 Å². The smallest absolute Gasteiger partial charge is 0.333 e. The molecule has 2 amide bonds. The van der Waals surface area contributed by atoms with Crippen molar-refractivity contribution in [3.8, 4) is 11.5 Å². The fourth-order valence-electron chi connectivity index (χ4n) is 7.27. The highest BCUT2D eigenvalue weighted by atomic mass is 19.1. The third-order valence-corrected chi connectivity index (χ3v) is 10.2. The first-order chi connectivity index (χ1) is 29.8. The van der Waals surface area contributed by atoms with Gasteiger partial charge in [0.1, 0.15) is 35.3 Å². The third-order valence-electron chi connectivity index (χ3n) is 10.2. The van der Waals surface area contributed by atoms with Crippen molar-refractivity contribution in [2.24, 2.45) is 0 Å². The Balaban J connectivity index is 0.000000193. The van der Waals surface area contributed by atoms with Gasteiger partial charge < -0.3 is 39.6 Å². The molecule has 1 fully saturated rings. The van der Waals surface area contributed by atoms with Crippen LogP contribution < -0.4 is 10.5 Å². The van der Waals surface area contributed by atoms with Crippen LogP contribution in [0.4, 0.5) is 20.2 Å². The maximum absolute atomic E-state index is 14.3. The fraction of sp³-hybridized carbons (Fsp3) is 0.244. The van der Waals surface area contributed by atoms with Crippen molar-refractivity contribution in [2.75, 3.05) is 33.2 Å². The van der Waals surface area contributed by atoms with E-state index in [0.29, 0.717) is 22.4 Å². The van der Waals surface area contributed by atoms with Crippen molar-refractivity contribution < 1.29 is 56.9 Å². The van der Waals surface area contributed by atoms with Gasteiger partial charge in [-0.1, -0.05) is 54.6 Å². The number of esters is 2. The van der Waals surface area contributed by atoms with Gasteiger partial charge in [-0.2, -0.15) is 0 Å². The molecule has 2 unspecified atom stereocenters. The molecule has 5 aromatic rings. The number of nitrogen functional groups attached to an aromatic ring is 1. The summed E-state index contributed by atoms with van der Waals surface area (Å²) in [6.45, 7) is 2.17. The number of halogens is 2. The van der Waals surface area contributed by atoms with Crippen LogP contribution in [0.5, 0.6) is 11.5 Å². The number of carbonyl (C=O) groups is 4. The second-order valence-electron chi connectivity index (χ2n) is 14.1. The van der Waals surface area contributed by atoms with Gasteiger partial charge in [0, 0.05) is 49.2 Å². The lowest BCUT2D eigenvalue weighted by Crippen LogP contribution is -2.35. The first-order valence-electron chi connectivity index (χ1n) is 19.3. The normalized spacial score (nSPS) is 14.6. The molecule has 0 bridgehead atoms. The van der Waals surface area contributed by atoms with E-state index < -0.39 is 52.4 Å². The highest BCUT2D eigenvalue weighted by molar-refractivity contribution is 6.05. The average Bonchev–Trinajstić information content (AvgIpc) is 4.04. The van der Waals surface area contributed by atoms with Crippen LogP contribution in [0.1, 0.15) is 73.5 Å². The average molecular weight is 853 g/mol. The van der Waals surface area contributed by atoms with Crippen LogP contribution in [-0.4, -0.2) is 71.0 Å². The van der Waals surface area contributed by atoms with Gasteiger partial charge in [-0.05, 0) is 72.0 Å². The third kappa shape index (κ3) is 9.63. The lowest BCUT2D eigenvalue weighted by Gasteiger charge is -2.27. The van der Waals surface area contributed by atoms with Crippen molar-refractivity contribution in [3.63, 3.8) is 0 Å². The Morgan fingerprint density at radius 2 is 1.32 bits per heavy atom. The number of aromatic hydroxyl groups is 1. The molecule has 0 radical (unpaired) electrons. The number of nitro groups is 1. The van der Waals surface area contributed by atoms with Gasteiger partial charge in [0.25, 0.3) is 17.5 Å². The number of rotatable bonds is 10. The summed E-state index contributed by atoms with van der Waals surface area (Å²) >= 11 is 0. The van der Waals surface area contributed by atoms with Gasteiger partial charge in [-0.3, -0.25) is 19.7 Å². The van der Waals surface area contributed by atoms with E-state index in [1.54, 1.807) is 24.3 Å². The molecule has 3 aliphatic heterocycles. The molecule has 3 N–H and O–H groups in total. The number of hydrogen-bond donors (Lipinski definition) is 2. The largest absolute Gasteiger partial charge is 0.508 e. The first kappa shape index (κ1) is 44.2. The number of nitrogens with two attached hydrogens (primary N) is 1. The summed E-state index contributed by atoms with van der Waals surface area (Å²) in [5.74, 6) is -4.18. The molecule has 322 valence electrons. The van der Waals surface area contributed by atoms with Gasteiger partial charge in [-0.15, -0.1) is 0 Å². The highest BCUT2D eigenvalue weighted by Crippen LogP contribution is 2.40. The van der Waals surface area contributed by atoms with E-state index >= 15 is 0 Å². The number of methoxy groups -OCH3 is 2. The van der Waals surface area contributed by atoms with Crippen LogP contribution >= 0.6 is 0 Å². The van der Waals surface area contributed by atoms with Crippen molar-refractivity contribution in [2.45, 2.75) is 44.6 Å². The summed E-state index contributed by atoms with van der Waals surface area (Å²) in [7, 11) is 2.31. The zero-order chi connectivity index (χ0) is 44.5. The van der Waals surface area contributed by atoms with E-state index in [2.05, 4.69) is 0 Å². The zero-order valence-corrected chi connectivity index (χ0v) is 33.6. The number of phenolic OH excluding ortho intramolecular Hbond substituents is 1. The van der Waals surface area contributed by atoms with Crippen LogP contribution in [0.3, 0.4) is 0 Å². The minimum absolute atomic E-state index is 0.0402. The quantitative estimate of drug-likeness (QED) is 0.0634. The molecule has 15 nitrogen and oxygen atoms in total. The van der Waals surface area contributed by atoms with Crippen LogP contribution in [-0.2, 0) is 43.5 Å². The molecule has 0 saturated carbocycles. The molecule has 5 aromatic carbocycles. The van der Waals surface area contributed by atoms with E-state index in [9.17, 15) is 43.2 Å². The predicted octanol–water partition coefficient (Wildman–Crippen LogP) is 6.96. The van der Waals surface area contributed by atoms with E-state index in [4.69, 9.17) is 24.7 Å². The van der Waals surface area contributed by atoms with Crippen LogP contribution in [0, 0.1) is 21.7 Å². The number of carbonyl (C=O) groups excluding carboxylic acids is 4. The van der Waals surface area contributed by atoms with E-state index in [1.807, 2.05) is 30.3 Å². The van der Waals surface area contributed by atoms with Gasteiger partial charge in [0.2, 0.25) is 0 Å². The molecule has 3 aliphatic rings. The summed E-state index contributed by atoms with van der Waals surface area (Å²) in [5.41, 5.74) is 7.95. The number of fused-ring (bicyclic) bond motifs is 2. The lowest BCUT2D eigenvalue weighted by atomic mass is 10.0. The molecule has 3 heterocycles. The number of ether oxygens (including phenoxy) is 4. The number of phenols is 1. The number of nitro benzene ring substituents is 1. The predicted molar refractivity (Wildman–Crippen MR) is 219 cm³/mol. The number of amides is 2. The Labute approximate surface area is 354 Å². The standard InChI is InChI=1S/C24H19FN2O6.C17H15FN2O4.C4H8O/c1-32-24(29)22(26-13-16-8-5-9-19(27(30)31)21(16)23(26)28)18-12-17(25)10-11-20(18)33-14-15-6-3-2-4-7-15;1-24-17(23)15(11-7-10(18)5-6-13(11)21)20-8-9-3-2-4-12(19)14(9)16(20)22;1-2-4-5-3-1/h2-12,22H,13-14H2,1H3;2-7,15,21H,8,19H2,1H3;1-4H2. The van der Waals surface area contributed by atoms with E-state index in [1.165, 1.54) is 42.0 Å². The summed E-state index contributed by atoms with van der Waals surface area (Å²) < 4.78 is 48.3. The number of anilines is 1. The monoisotopic (exact) mass is 852 g/mol. The molecule has 0 aliphatic carbocycles. The maximum Gasteiger partial charge on any atom is 0.333 e. The number of nitrogens with zero attached hydrogens (tertiary/aromatic N) is 3. The second-order valence-corrected chi connectivity index (χ2v) is 14.1. The number of hydrogen-bond acceptors (Lipinski definition) is 12. The molecule has 1 saturated heterocycles.